The van der Waals surface area contributed by atoms with Gasteiger partial charge in [0.1, 0.15) is 17.0 Å². The number of hydrogen-bond acceptors (Lipinski definition) is 8. The molecule has 1 N–H and O–H groups in total. The van der Waals surface area contributed by atoms with Gasteiger partial charge in [-0.1, -0.05) is 23.2 Å². The van der Waals surface area contributed by atoms with Crippen molar-refractivity contribution in [2.45, 2.75) is 51.1 Å². The second kappa shape index (κ2) is 10.2. The Labute approximate surface area is 219 Å². The molecule has 4 aromatic heterocycles. The quantitative estimate of drug-likeness (QED) is 0.396. The van der Waals surface area contributed by atoms with Gasteiger partial charge in [-0.15, -0.1) is 10.2 Å². The van der Waals surface area contributed by atoms with Crippen LogP contribution < -0.4 is 15.8 Å². The maximum atomic E-state index is 12.5. The summed E-state index contributed by atoms with van der Waals surface area (Å²) in [6.45, 7) is 5.10. The Bertz CT molecular complexity index is 1450. The number of anilines is 1. The van der Waals surface area contributed by atoms with Crippen molar-refractivity contribution in [2.24, 2.45) is 5.92 Å². The van der Waals surface area contributed by atoms with Crippen molar-refractivity contribution >= 4 is 23.1 Å². The number of aromatic nitrogens is 7. The van der Waals surface area contributed by atoms with Crippen LogP contribution in [0.4, 0.5) is 5.82 Å². The van der Waals surface area contributed by atoms with Gasteiger partial charge in [-0.05, 0) is 69.3 Å². The highest BCUT2D eigenvalue weighted by molar-refractivity contribution is 6.30. The van der Waals surface area contributed by atoms with Crippen LogP contribution >= 0.6 is 11.6 Å². The van der Waals surface area contributed by atoms with Gasteiger partial charge in [0.15, 0.2) is 5.82 Å². The average Bonchev–Trinajstić information content (AvgIpc) is 3.38. The van der Waals surface area contributed by atoms with E-state index in [4.69, 9.17) is 11.6 Å². The first-order valence-electron chi connectivity index (χ1n) is 13.0. The monoisotopic (exact) mass is 519 g/mol. The highest BCUT2D eigenvalue weighted by Crippen LogP contribution is 2.26. The van der Waals surface area contributed by atoms with Crippen LogP contribution in [0.2, 0.25) is 5.02 Å². The molecule has 1 saturated heterocycles. The fraction of sp³-hybridized carbons (Fsp3) is 0.462. The number of pyridine rings is 1. The predicted octanol–water partition coefficient (Wildman–Crippen LogP) is 3.36. The topological polar surface area (TPSA) is 106 Å². The lowest BCUT2D eigenvalue weighted by Gasteiger charge is -2.35. The first-order chi connectivity index (χ1) is 18.0. The second-order valence-corrected chi connectivity index (χ2v) is 10.6. The second-order valence-electron chi connectivity index (χ2n) is 10.1. The van der Waals surface area contributed by atoms with Crippen LogP contribution in [0.15, 0.2) is 47.5 Å². The highest BCUT2D eigenvalue weighted by Gasteiger charge is 2.24. The van der Waals surface area contributed by atoms with Gasteiger partial charge >= 0.3 is 0 Å². The standard InChI is InChI=1S/C26H30ClN9O/c1-17(36-16-23(31-33-36)22-12-26(37)35-14-19(27)7-9-24(35)29-22)21-8-10-25(32-30-21)34-11-3-6-20(15-34)28-13-18-4-2-5-18/h7-10,12,14,16-18,20,28H,2-6,11,13,15H2,1H3/t17?,20-/m1/s1. The highest BCUT2D eigenvalue weighted by atomic mass is 35.5. The molecule has 6 rings (SSSR count). The van der Waals surface area contributed by atoms with E-state index in [2.05, 4.69) is 35.7 Å². The molecule has 2 fully saturated rings. The van der Waals surface area contributed by atoms with E-state index < -0.39 is 0 Å². The smallest absolute Gasteiger partial charge is 0.258 e. The van der Waals surface area contributed by atoms with Crippen LogP contribution in [0.25, 0.3) is 17.0 Å². The van der Waals surface area contributed by atoms with Crippen LogP contribution in [-0.4, -0.2) is 60.3 Å². The zero-order chi connectivity index (χ0) is 25.4. The minimum absolute atomic E-state index is 0.179. The van der Waals surface area contributed by atoms with Crippen LogP contribution in [0.3, 0.4) is 0 Å². The van der Waals surface area contributed by atoms with Crippen molar-refractivity contribution in [3.8, 4) is 11.4 Å². The molecule has 1 saturated carbocycles. The third kappa shape index (κ3) is 5.08. The Morgan fingerprint density at radius 1 is 1.05 bits per heavy atom. The molecular formula is C26H30ClN9O. The maximum Gasteiger partial charge on any atom is 0.258 e. The number of hydrogen-bond donors (Lipinski definition) is 1. The van der Waals surface area contributed by atoms with Gasteiger partial charge in [0, 0.05) is 31.4 Å². The molecule has 1 unspecified atom stereocenters. The third-order valence-corrected chi connectivity index (χ3v) is 7.78. The largest absolute Gasteiger partial charge is 0.354 e. The Hall–Kier alpha value is -3.37. The van der Waals surface area contributed by atoms with Gasteiger partial charge in [-0.2, -0.15) is 5.10 Å². The maximum absolute atomic E-state index is 12.5. The SMILES string of the molecule is CC(c1ccc(N2CCC[C@@H](NCC3CCC3)C2)nn1)n1cc(-c2cc(=O)n3cc(Cl)ccc3n2)nn1. The summed E-state index contributed by atoms with van der Waals surface area (Å²) in [7, 11) is 0. The molecule has 37 heavy (non-hydrogen) atoms. The van der Waals surface area contributed by atoms with E-state index in [1.54, 1.807) is 29.2 Å². The molecule has 5 heterocycles. The number of rotatable bonds is 7. The molecule has 0 aromatic carbocycles. The van der Waals surface area contributed by atoms with Crippen molar-refractivity contribution in [2.75, 3.05) is 24.5 Å². The van der Waals surface area contributed by atoms with E-state index in [9.17, 15) is 4.79 Å². The summed E-state index contributed by atoms with van der Waals surface area (Å²) in [6, 6.07) is 9.21. The summed E-state index contributed by atoms with van der Waals surface area (Å²) in [5, 5.41) is 21.8. The van der Waals surface area contributed by atoms with Crippen molar-refractivity contribution in [3.05, 3.63) is 63.8 Å². The molecule has 2 aliphatic rings. The summed E-state index contributed by atoms with van der Waals surface area (Å²) >= 11 is 6.00. The Balaban J connectivity index is 1.14. The van der Waals surface area contributed by atoms with Gasteiger partial charge < -0.3 is 10.2 Å². The Morgan fingerprint density at radius 3 is 2.73 bits per heavy atom. The van der Waals surface area contributed by atoms with Gasteiger partial charge in [0.25, 0.3) is 5.56 Å². The summed E-state index contributed by atoms with van der Waals surface area (Å²) in [6.07, 6.45) is 9.82. The lowest BCUT2D eigenvalue weighted by molar-refractivity contribution is 0.280. The first kappa shape index (κ1) is 24.0. The number of nitrogens with zero attached hydrogens (tertiary/aromatic N) is 8. The number of piperidine rings is 1. The van der Waals surface area contributed by atoms with Crippen LogP contribution in [0, 0.1) is 5.92 Å². The molecule has 0 bridgehead atoms. The zero-order valence-electron chi connectivity index (χ0n) is 20.8. The number of nitrogens with one attached hydrogen (secondary N) is 1. The summed E-state index contributed by atoms with van der Waals surface area (Å²) in [4.78, 5) is 19.4. The molecule has 11 heteroatoms. The van der Waals surface area contributed by atoms with E-state index in [0.717, 1.165) is 43.5 Å². The number of fused-ring (bicyclic) bond motifs is 1. The fourth-order valence-electron chi connectivity index (χ4n) is 5.04. The van der Waals surface area contributed by atoms with Crippen molar-refractivity contribution in [3.63, 3.8) is 0 Å². The molecule has 192 valence electrons. The van der Waals surface area contributed by atoms with E-state index in [0.29, 0.717) is 28.1 Å². The molecule has 1 aliphatic heterocycles. The molecular weight excluding hydrogens is 490 g/mol. The van der Waals surface area contributed by atoms with E-state index in [-0.39, 0.29) is 11.6 Å². The average molecular weight is 520 g/mol. The fourth-order valence-corrected chi connectivity index (χ4v) is 5.20. The van der Waals surface area contributed by atoms with Gasteiger partial charge in [-0.25, -0.2) is 9.67 Å². The Kier molecular flexibility index (Phi) is 6.60. The van der Waals surface area contributed by atoms with Gasteiger partial charge in [0.05, 0.1) is 23.0 Å². The zero-order valence-corrected chi connectivity index (χ0v) is 21.6. The lowest BCUT2D eigenvalue weighted by atomic mass is 9.85. The Morgan fingerprint density at radius 2 is 1.95 bits per heavy atom. The van der Waals surface area contributed by atoms with Crippen LogP contribution in [0.5, 0.6) is 0 Å². The van der Waals surface area contributed by atoms with Crippen molar-refractivity contribution in [1.82, 2.24) is 39.9 Å². The summed E-state index contributed by atoms with van der Waals surface area (Å²) < 4.78 is 3.12. The molecule has 1 aliphatic carbocycles. The van der Waals surface area contributed by atoms with Crippen molar-refractivity contribution in [1.29, 1.82) is 0 Å². The normalized spacial score (nSPS) is 19.2. The van der Waals surface area contributed by atoms with E-state index in [1.165, 1.54) is 36.2 Å². The van der Waals surface area contributed by atoms with E-state index in [1.807, 2.05) is 19.1 Å². The molecule has 0 amide bonds. The van der Waals surface area contributed by atoms with Crippen LogP contribution in [0.1, 0.15) is 50.8 Å². The lowest BCUT2D eigenvalue weighted by Crippen LogP contribution is -2.47. The molecule has 0 spiro atoms. The van der Waals surface area contributed by atoms with E-state index >= 15 is 0 Å². The predicted molar refractivity (Wildman–Crippen MR) is 142 cm³/mol. The van der Waals surface area contributed by atoms with Crippen LogP contribution in [-0.2, 0) is 0 Å². The molecule has 10 nitrogen and oxygen atoms in total. The first-order valence-corrected chi connectivity index (χ1v) is 13.3. The van der Waals surface area contributed by atoms with Gasteiger partial charge in [0.2, 0.25) is 0 Å². The molecule has 2 atom stereocenters. The minimum atomic E-state index is -0.232. The minimum Gasteiger partial charge on any atom is -0.354 e. The summed E-state index contributed by atoms with van der Waals surface area (Å²) in [5.74, 6) is 1.77. The summed E-state index contributed by atoms with van der Waals surface area (Å²) in [5.41, 5.74) is 2.02. The molecule has 0 radical (unpaired) electrons. The van der Waals surface area contributed by atoms with Crippen molar-refractivity contribution < 1.29 is 0 Å². The molecule has 4 aromatic rings. The number of halogens is 1. The third-order valence-electron chi connectivity index (χ3n) is 7.56. The van der Waals surface area contributed by atoms with Gasteiger partial charge in [-0.3, -0.25) is 9.20 Å².